The smallest absolute Gasteiger partial charge is 0.229 e. The van der Waals surface area contributed by atoms with E-state index in [9.17, 15) is 8.42 Å². The van der Waals surface area contributed by atoms with E-state index in [2.05, 4.69) is 10.0 Å². The molecule has 23 heavy (non-hydrogen) atoms. The fraction of sp³-hybridized carbons (Fsp3) is 0.294. The van der Waals surface area contributed by atoms with Crippen molar-refractivity contribution < 1.29 is 13.2 Å². The van der Waals surface area contributed by atoms with E-state index in [0.717, 1.165) is 17.6 Å². The Morgan fingerprint density at radius 3 is 2.39 bits per heavy atom. The van der Waals surface area contributed by atoms with E-state index < -0.39 is 10.0 Å². The van der Waals surface area contributed by atoms with Gasteiger partial charge in [-0.3, -0.25) is 4.72 Å². The second-order valence-electron chi connectivity index (χ2n) is 5.30. The number of hydrogen-bond donors (Lipinski definition) is 2. The first-order valence-corrected chi connectivity index (χ1v) is 9.33. The maximum atomic E-state index is 11.4. The van der Waals surface area contributed by atoms with Crippen LogP contribution in [0.15, 0.2) is 54.6 Å². The van der Waals surface area contributed by atoms with Gasteiger partial charge in [-0.05, 0) is 30.7 Å². The average molecular weight is 334 g/mol. The van der Waals surface area contributed by atoms with Crippen LogP contribution in [0.1, 0.15) is 18.5 Å². The third-order valence-electron chi connectivity index (χ3n) is 3.29. The van der Waals surface area contributed by atoms with Gasteiger partial charge >= 0.3 is 0 Å². The predicted octanol–water partition coefficient (Wildman–Crippen LogP) is 2.79. The second kappa shape index (κ2) is 7.99. The average Bonchev–Trinajstić information content (AvgIpc) is 2.51. The van der Waals surface area contributed by atoms with E-state index in [1.165, 1.54) is 0 Å². The predicted molar refractivity (Wildman–Crippen MR) is 93.3 cm³/mol. The summed E-state index contributed by atoms with van der Waals surface area (Å²) in [5.74, 6) is 0.834. The standard InChI is InChI=1S/C17H22N2O3S/c1-14(18-12-13-22-15-8-4-3-5-9-15)16-10-6-7-11-17(16)19-23(2,20)21/h3-11,14,18-19H,12-13H2,1-2H3. The van der Waals surface area contributed by atoms with Gasteiger partial charge in [-0.2, -0.15) is 0 Å². The molecule has 0 saturated carbocycles. The molecule has 0 fully saturated rings. The quantitative estimate of drug-likeness (QED) is 0.729. The van der Waals surface area contributed by atoms with Crippen LogP contribution in [0.2, 0.25) is 0 Å². The summed E-state index contributed by atoms with van der Waals surface area (Å²) in [4.78, 5) is 0. The van der Waals surface area contributed by atoms with E-state index in [1.807, 2.05) is 55.5 Å². The lowest BCUT2D eigenvalue weighted by Crippen LogP contribution is -2.25. The highest BCUT2D eigenvalue weighted by Crippen LogP contribution is 2.23. The van der Waals surface area contributed by atoms with Crippen LogP contribution in [0, 0.1) is 0 Å². The molecule has 6 heteroatoms. The van der Waals surface area contributed by atoms with Crippen molar-refractivity contribution in [3.05, 3.63) is 60.2 Å². The number of rotatable bonds is 8. The maximum Gasteiger partial charge on any atom is 0.229 e. The summed E-state index contributed by atoms with van der Waals surface area (Å²) in [7, 11) is -3.30. The Balaban J connectivity index is 1.89. The molecule has 0 bridgehead atoms. The molecular weight excluding hydrogens is 312 g/mol. The lowest BCUT2D eigenvalue weighted by molar-refractivity contribution is 0.307. The zero-order valence-corrected chi connectivity index (χ0v) is 14.1. The van der Waals surface area contributed by atoms with Crippen molar-refractivity contribution >= 4 is 15.7 Å². The van der Waals surface area contributed by atoms with Crippen LogP contribution in [-0.4, -0.2) is 27.8 Å². The highest BCUT2D eigenvalue weighted by Gasteiger charge is 2.12. The molecule has 124 valence electrons. The fourth-order valence-electron chi connectivity index (χ4n) is 2.24. The Morgan fingerprint density at radius 1 is 1.04 bits per heavy atom. The topological polar surface area (TPSA) is 67.4 Å². The summed E-state index contributed by atoms with van der Waals surface area (Å²) in [6, 6.07) is 17.0. The molecule has 1 atom stereocenters. The molecule has 2 rings (SSSR count). The van der Waals surface area contributed by atoms with Crippen molar-refractivity contribution in [3.63, 3.8) is 0 Å². The number of sulfonamides is 1. The van der Waals surface area contributed by atoms with Gasteiger partial charge in [0.25, 0.3) is 0 Å². The SMILES string of the molecule is CC(NCCOc1ccccc1)c1ccccc1NS(C)(=O)=O. The van der Waals surface area contributed by atoms with E-state index in [-0.39, 0.29) is 6.04 Å². The van der Waals surface area contributed by atoms with Crippen molar-refractivity contribution in [1.82, 2.24) is 5.32 Å². The highest BCUT2D eigenvalue weighted by atomic mass is 32.2. The van der Waals surface area contributed by atoms with Crippen LogP contribution in [0.4, 0.5) is 5.69 Å². The molecule has 0 amide bonds. The molecule has 0 saturated heterocycles. The molecule has 2 N–H and O–H groups in total. The van der Waals surface area contributed by atoms with E-state index in [0.29, 0.717) is 18.8 Å². The molecular formula is C17H22N2O3S. The Kier molecular flexibility index (Phi) is 6.01. The highest BCUT2D eigenvalue weighted by molar-refractivity contribution is 7.92. The number of nitrogens with one attached hydrogen (secondary N) is 2. The summed E-state index contributed by atoms with van der Waals surface area (Å²) in [5, 5.41) is 3.34. The molecule has 0 aliphatic rings. The molecule has 0 aliphatic carbocycles. The minimum absolute atomic E-state index is 0.000164. The molecule has 0 heterocycles. The number of anilines is 1. The summed E-state index contributed by atoms with van der Waals surface area (Å²) >= 11 is 0. The first-order valence-electron chi connectivity index (χ1n) is 7.43. The largest absolute Gasteiger partial charge is 0.492 e. The van der Waals surface area contributed by atoms with Gasteiger partial charge in [0.05, 0.1) is 11.9 Å². The van der Waals surface area contributed by atoms with E-state index >= 15 is 0 Å². The molecule has 1 unspecified atom stereocenters. The molecule has 0 spiro atoms. The number of hydrogen-bond acceptors (Lipinski definition) is 4. The molecule has 2 aromatic rings. The lowest BCUT2D eigenvalue weighted by Gasteiger charge is -2.18. The molecule has 5 nitrogen and oxygen atoms in total. The van der Waals surface area contributed by atoms with E-state index in [1.54, 1.807) is 6.07 Å². The maximum absolute atomic E-state index is 11.4. The first-order chi connectivity index (χ1) is 11.0. The third-order valence-corrected chi connectivity index (χ3v) is 3.88. The van der Waals surface area contributed by atoms with Crippen molar-refractivity contribution in [2.24, 2.45) is 0 Å². The van der Waals surface area contributed by atoms with Gasteiger partial charge in [-0.1, -0.05) is 36.4 Å². The van der Waals surface area contributed by atoms with Gasteiger partial charge in [0, 0.05) is 12.6 Å². The minimum Gasteiger partial charge on any atom is -0.492 e. The van der Waals surface area contributed by atoms with Crippen LogP contribution in [0.3, 0.4) is 0 Å². The van der Waals surface area contributed by atoms with Gasteiger partial charge < -0.3 is 10.1 Å². The lowest BCUT2D eigenvalue weighted by atomic mass is 10.1. The Bertz CT molecular complexity index is 718. The number of benzene rings is 2. The van der Waals surface area contributed by atoms with Gasteiger partial charge in [-0.25, -0.2) is 8.42 Å². The van der Waals surface area contributed by atoms with E-state index in [4.69, 9.17) is 4.74 Å². The zero-order valence-electron chi connectivity index (χ0n) is 13.3. The number of para-hydroxylation sites is 2. The Hall–Kier alpha value is -2.05. The van der Waals surface area contributed by atoms with Crippen LogP contribution >= 0.6 is 0 Å². The van der Waals surface area contributed by atoms with Gasteiger partial charge in [0.2, 0.25) is 10.0 Å². The summed E-state index contributed by atoms with van der Waals surface area (Å²) in [6.45, 7) is 3.19. The van der Waals surface area contributed by atoms with Gasteiger partial charge in [0.15, 0.2) is 0 Å². The minimum atomic E-state index is -3.30. The number of ether oxygens (including phenoxy) is 1. The van der Waals surface area contributed by atoms with Crippen LogP contribution < -0.4 is 14.8 Å². The Morgan fingerprint density at radius 2 is 1.70 bits per heavy atom. The van der Waals surface area contributed by atoms with Crippen LogP contribution in [0.25, 0.3) is 0 Å². The fourth-order valence-corrected chi connectivity index (χ4v) is 2.82. The zero-order chi connectivity index (χ0) is 16.7. The summed E-state index contributed by atoms with van der Waals surface area (Å²) < 4.78 is 31.1. The molecule has 2 aromatic carbocycles. The molecule has 0 radical (unpaired) electrons. The monoisotopic (exact) mass is 334 g/mol. The summed E-state index contributed by atoms with van der Waals surface area (Å²) in [5.41, 5.74) is 1.50. The molecule has 0 aliphatic heterocycles. The van der Waals surface area contributed by atoms with Crippen LogP contribution in [-0.2, 0) is 10.0 Å². The third kappa shape index (κ3) is 5.92. The van der Waals surface area contributed by atoms with Crippen molar-refractivity contribution in [3.8, 4) is 5.75 Å². The second-order valence-corrected chi connectivity index (χ2v) is 7.05. The van der Waals surface area contributed by atoms with Gasteiger partial charge in [0.1, 0.15) is 12.4 Å². The Labute approximate surface area is 137 Å². The summed E-state index contributed by atoms with van der Waals surface area (Å²) in [6.07, 6.45) is 1.15. The molecule has 0 aromatic heterocycles. The van der Waals surface area contributed by atoms with Crippen molar-refractivity contribution in [2.45, 2.75) is 13.0 Å². The van der Waals surface area contributed by atoms with Crippen molar-refractivity contribution in [2.75, 3.05) is 24.1 Å². The van der Waals surface area contributed by atoms with Crippen LogP contribution in [0.5, 0.6) is 5.75 Å². The van der Waals surface area contributed by atoms with Gasteiger partial charge in [-0.15, -0.1) is 0 Å². The van der Waals surface area contributed by atoms with Crippen molar-refractivity contribution in [1.29, 1.82) is 0 Å². The normalized spacial score (nSPS) is 12.6. The first kappa shape index (κ1) is 17.3.